The van der Waals surface area contributed by atoms with E-state index in [1.807, 2.05) is 0 Å². The van der Waals surface area contributed by atoms with Crippen LogP contribution in [0.5, 0.6) is 0 Å². The van der Waals surface area contributed by atoms with Gasteiger partial charge in [0, 0.05) is 6.07 Å². The quantitative estimate of drug-likeness (QED) is 0.652. The number of hydrogen-bond donors (Lipinski definition) is 1. The Morgan fingerprint density at radius 2 is 2.08 bits per heavy atom. The van der Waals surface area contributed by atoms with Gasteiger partial charge in [-0.1, -0.05) is 0 Å². The lowest BCUT2D eigenvalue weighted by atomic mass is 9.89. The molecule has 1 N–H and O–H groups in total. The number of benzene rings is 1. The molecule has 0 saturated carbocycles. The maximum atomic E-state index is 13.1. The van der Waals surface area contributed by atoms with E-state index in [1.165, 1.54) is 6.07 Å². The molecule has 0 radical (unpaired) electrons. The summed E-state index contributed by atoms with van der Waals surface area (Å²) >= 11 is 0. The molecule has 1 aromatic rings. The van der Waals surface area contributed by atoms with E-state index in [0.29, 0.717) is 30.4 Å². The number of hydrogen-bond acceptors (Lipinski definition) is 1. The van der Waals surface area contributed by atoms with Crippen LogP contribution in [0.1, 0.15) is 17.5 Å². The molecule has 0 spiro atoms. The standard InChI is InChI=1S/C10H10F2O/c11-7-3-6-4-8(13)1-2-9(6)10(12)5-7/h3,5,8,13H,1-2,4H2/t8-/m1/s1. The third-order valence-corrected chi connectivity index (χ3v) is 2.44. The number of aliphatic hydroxyl groups excluding tert-OH is 1. The second kappa shape index (κ2) is 3.07. The van der Waals surface area contributed by atoms with Crippen molar-refractivity contribution in [3.05, 3.63) is 34.9 Å². The lowest BCUT2D eigenvalue weighted by Gasteiger charge is -2.20. The average molecular weight is 184 g/mol. The van der Waals surface area contributed by atoms with Gasteiger partial charge in [0.2, 0.25) is 0 Å². The molecule has 3 heteroatoms. The van der Waals surface area contributed by atoms with E-state index in [0.717, 1.165) is 6.07 Å². The lowest BCUT2D eigenvalue weighted by Crippen LogP contribution is -2.19. The smallest absolute Gasteiger partial charge is 0.129 e. The fourth-order valence-electron chi connectivity index (χ4n) is 1.79. The molecule has 1 nitrogen and oxygen atoms in total. The zero-order valence-corrected chi connectivity index (χ0v) is 7.06. The van der Waals surface area contributed by atoms with Crippen molar-refractivity contribution in [2.24, 2.45) is 0 Å². The van der Waals surface area contributed by atoms with E-state index >= 15 is 0 Å². The molecule has 0 bridgehead atoms. The minimum atomic E-state index is -0.564. The Bertz CT molecular complexity index is 336. The van der Waals surface area contributed by atoms with E-state index in [9.17, 15) is 13.9 Å². The van der Waals surface area contributed by atoms with Gasteiger partial charge in [0.05, 0.1) is 6.10 Å². The van der Waals surface area contributed by atoms with Crippen molar-refractivity contribution < 1.29 is 13.9 Å². The van der Waals surface area contributed by atoms with Crippen molar-refractivity contribution in [1.29, 1.82) is 0 Å². The first-order chi connectivity index (χ1) is 6.16. The van der Waals surface area contributed by atoms with Gasteiger partial charge < -0.3 is 5.11 Å². The minimum Gasteiger partial charge on any atom is -0.393 e. The molecule has 0 saturated heterocycles. The Balaban J connectivity index is 2.47. The molecular formula is C10H10F2O. The third kappa shape index (κ3) is 1.56. The van der Waals surface area contributed by atoms with Crippen molar-refractivity contribution >= 4 is 0 Å². The average Bonchev–Trinajstić information content (AvgIpc) is 2.02. The first-order valence-electron chi connectivity index (χ1n) is 4.31. The summed E-state index contributed by atoms with van der Waals surface area (Å²) in [4.78, 5) is 0. The Labute approximate surface area is 75.0 Å². The lowest BCUT2D eigenvalue weighted by molar-refractivity contribution is 0.157. The number of aliphatic hydroxyl groups is 1. The van der Waals surface area contributed by atoms with Gasteiger partial charge >= 0.3 is 0 Å². The van der Waals surface area contributed by atoms with Gasteiger partial charge in [-0.05, 0) is 36.5 Å². The molecule has 1 aliphatic carbocycles. The van der Waals surface area contributed by atoms with Crippen LogP contribution in [0, 0.1) is 11.6 Å². The molecular weight excluding hydrogens is 174 g/mol. The molecule has 0 fully saturated rings. The van der Waals surface area contributed by atoms with Gasteiger partial charge in [-0.15, -0.1) is 0 Å². The van der Waals surface area contributed by atoms with Crippen molar-refractivity contribution in [2.45, 2.75) is 25.4 Å². The van der Waals surface area contributed by atoms with Crippen LogP contribution in [0.15, 0.2) is 12.1 Å². The summed E-state index contributed by atoms with van der Waals surface area (Å²) in [6, 6.07) is 2.21. The molecule has 1 aromatic carbocycles. The summed E-state index contributed by atoms with van der Waals surface area (Å²) in [6.45, 7) is 0. The third-order valence-electron chi connectivity index (χ3n) is 2.44. The predicted octanol–water partition coefficient (Wildman–Crippen LogP) is 1.81. The molecule has 0 unspecified atom stereocenters. The van der Waals surface area contributed by atoms with Crippen LogP contribution in [0.3, 0.4) is 0 Å². The zero-order valence-electron chi connectivity index (χ0n) is 7.06. The summed E-state index contributed by atoms with van der Waals surface area (Å²) in [6.07, 6.45) is 0.982. The number of rotatable bonds is 0. The first kappa shape index (κ1) is 8.63. The fraction of sp³-hybridized carbons (Fsp3) is 0.400. The highest BCUT2D eigenvalue weighted by Gasteiger charge is 2.20. The molecule has 13 heavy (non-hydrogen) atoms. The molecule has 1 atom stereocenters. The highest BCUT2D eigenvalue weighted by atomic mass is 19.1. The molecule has 0 aliphatic heterocycles. The Hall–Kier alpha value is -0.960. The van der Waals surface area contributed by atoms with Crippen LogP contribution >= 0.6 is 0 Å². The van der Waals surface area contributed by atoms with Gasteiger partial charge in [-0.25, -0.2) is 8.78 Å². The monoisotopic (exact) mass is 184 g/mol. The predicted molar refractivity (Wildman–Crippen MR) is 44.4 cm³/mol. The van der Waals surface area contributed by atoms with Gasteiger partial charge in [-0.2, -0.15) is 0 Å². The van der Waals surface area contributed by atoms with Crippen molar-refractivity contribution in [3.8, 4) is 0 Å². The number of halogens is 2. The summed E-state index contributed by atoms with van der Waals surface area (Å²) in [5.41, 5.74) is 1.17. The summed E-state index contributed by atoms with van der Waals surface area (Å²) in [5, 5.41) is 9.29. The molecule has 1 aliphatic rings. The van der Waals surface area contributed by atoms with Gasteiger partial charge in [0.1, 0.15) is 11.6 Å². The minimum absolute atomic E-state index is 0.365. The van der Waals surface area contributed by atoms with Gasteiger partial charge in [-0.3, -0.25) is 0 Å². The summed E-state index contributed by atoms with van der Waals surface area (Å²) < 4.78 is 25.9. The van der Waals surface area contributed by atoms with Crippen LogP contribution in [-0.4, -0.2) is 11.2 Å². The van der Waals surface area contributed by atoms with E-state index in [1.54, 1.807) is 0 Å². The van der Waals surface area contributed by atoms with Gasteiger partial charge in [0.25, 0.3) is 0 Å². The van der Waals surface area contributed by atoms with Crippen LogP contribution in [0.4, 0.5) is 8.78 Å². The number of fused-ring (bicyclic) bond motifs is 1. The second-order valence-corrected chi connectivity index (χ2v) is 3.42. The van der Waals surface area contributed by atoms with E-state index < -0.39 is 17.7 Å². The van der Waals surface area contributed by atoms with Crippen molar-refractivity contribution in [2.75, 3.05) is 0 Å². The SMILES string of the molecule is O[C@@H]1CCc2c(F)cc(F)cc2C1. The van der Waals surface area contributed by atoms with Crippen molar-refractivity contribution in [3.63, 3.8) is 0 Å². The summed E-state index contributed by atoms with van der Waals surface area (Å²) in [5.74, 6) is -1.05. The summed E-state index contributed by atoms with van der Waals surface area (Å²) in [7, 11) is 0. The Morgan fingerprint density at radius 3 is 2.85 bits per heavy atom. The van der Waals surface area contributed by atoms with Crippen molar-refractivity contribution in [1.82, 2.24) is 0 Å². The Kier molecular flexibility index (Phi) is 2.04. The first-order valence-corrected chi connectivity index (χ1v) is 4.31. The normalized spacial score (nSPS) is 21.3. The maximum Gasteiger partial charge on any atom is 0.129 e. The second-order valence-electron chi connectivity index (χ2n) is 3.42. The van der Waals surface area contributed by atoms with Gasteiger partial charge in [0.15, 0.2) is 0 Å². The van der Waals surface area contributed by atoms with Crippen LogP contribution < -0.4 is 0 Å². The molecule has 2 rings (SSSR count). The molecule has 70 valence electrons. The van der Waals surface area contributed by atoms with Crippen LogP contribution in [-0.2, 0) is 12.8 Å². The maximum absolute atomic E-state index is 13.1. The molecule has 0 amide bonds. The van der Waals surface area contributed by atoms with Crippen LogP contribution in [0.25, 0.3) is 0 Å². The highest BCUT2D eigenvalue weighted by Crippen LogP contribution is 2.24. The van der Waals surface area contributed by atoms with E-state index in [2.05, 4.69) is 0 Å². The van der Waals surface area contributed by atoms with E-state index in [4.69, 9.17) is 0 Å². The topological polar surface area (TPSA) is 20.2 Å². The van der Waals surface area contributed by atoms with E-state index in [-0.39, 0.29) is 0 Å². The van der Waals surface area contributed by atoms with Crippen LogP contribution in [0.2, 0.25) is 0 Å². The molecule has 0 heterocycles. The fourth-order valence-corrected chi connectivity index (χ4v) is 1.79. The highest BCUT2D eigenvalue weighted by molar-refractivity contribution is 5.32. The zero-order chi connectivity index (χ0) is 9.42. The Morgan fingerprint density at radius 1 is 1.31 bits per heavy atom. The largest absolute Gasteiger partial charge is 0.393 e. The molecule has 0 aromatic heterocycles.